The zero-order valence-corrected chi connectivity index (χ0v) is 16.7. The van der Waals surface area contributed by atoms with E-state index < -0.39 is 0 Å². The number of hydrogen-bond donors (Lipinski definition) is 0. The van der Waals surface area contributed by atoms with E-state index in [1.807, 2.05) is 11.3 Å². The van der Waals surface area contributed by atoms with Crippen molar-refractivity contribution in [1.82, 2.24) is 4.57 Å². The summed E-state index contributed by atoms with van der Waals surface area (Å²) in [5.41, 5.74) is 3.72. The maximum absolute atomic E-state index is 3.60. The molecule has 2 aromatic heterocycles. The molecule has 4 aromatic carbocycles. The fourth-order valence-electron chi connectivity index (χ4n) is 4.08. The molecule has 0 saturated heterocycles. The van der Waals surface area contributed by atoms with Gasteiger partial charge in [-0.3, -0.25) is 0 Å². The minimum Gasteiger partial charge on any atom is -0.309 e. The summed E-state index contributed by atoms with van der Waals surface area (Å²) in [6, 6.07) is 30.7. The monoisotopic (exact) mass is 427 g/mol. The van der Waals surface area contributed by atoms with Gasteiger partial charge < -0.3 is 4.57 Å². The zero-order chi connectivity index (χ0) is 18.0. The number of aromatic nitrogens is 1. The standard InChI is InChI=1S/C24H14BrNS/c25-15-9-12-23-20(13-15)19-11-10-16(14-24(19)27-23)26-21-7-3-1-5-17(21)18-6-2-4-8-22(18)26/h1-14H. The number of halogens is 1. The fraction of sp³-hybridized carbons (Fsp3) is 0. The molecule has 3 heteroatoms. The van der Waals surface area contributed by atoms with Gasteiger partial charge in [0.2, 0.25) is 0 Å². The minimum atomic E-state index is 1.13. The number of rotatable bonds is 1. The Balaban J connectivity index is 1.71. The van der Waals surface area contributed by atoms with Gasteiger partial charge in [0.05, 0.1) is 11.0 Å². The third kappa shape index (κ3) is 2.22. The number of hydrogen-bond acceptors (Lipinski definition) is 1. The molecule has 0 bridgehead atoms. The molecule has 2 heterocycles. The Morgan fingerprint density at radius 2 is 1.30 bits per heavy atom. The van der Waals surface area contributed by atoms with E-state index in [2.05, 4.69) is 105 Å². The molecule has 0 aliphatic rings. The maximum atomic E-state index is 3.60. The molecule has 0 N–H and O–H groups in total. The normalized spacial score (nSPS) is 11.9. The van der Waals surface area contributed by atoms with Crippen molar-refractivity contribution in [3.05, 3.63) is 89.4 Å². The molecule has 0 spiro atoms. The van der Waals surface area contributed by atoms with E-state index in [0.29, 0.717) is 0 Å². The number of benzene rings is 4. The van der Waals surface area contributed by atoms with Gasteiger partial charge in [0, 0.05) is 41.1 Å². The lowest BCUT2D eigenvalue weighted by molar-refractivity contribution is 1.19. The Morgan fingerprint density at radius 3 is 2.04 bits per heavy atom. The third-order valence-corrected chi connectivity index (χ3v) is 6.88. The van der Waals surface area contributed by atoms with Gasteiger partial charge in [0.1, 0.15) is 0 Å². The maximum Gasteiger partial charge on any atom is 0.0541 e. The smallest absolute Gasteiger partial charge is 0.0541 e. The van der Waals surface area contributed by atoms with Crippen molar-refractivity contribution in [2.24, 2.45) is 0 Å². The molecular formula is C24H14BrNS. The van der Waals surface area contributed by atoms with Crippen molar-refractivity contribution in [3.63, 3.8) is 0 Å². The van der Waals surface area contributed by atoms with E-state index in [1.54, 1.807) is 0 Å². The largest absolute Gasteiger partial charge is 0.309 e. The lowest BCUT2D eigenvalue weighted by atomic mass is 10.1. The van der Waals surface area contributed by atoms with Gasteiger partial charge in [0.15, 0.2) is 0 Å². The van der Waals surface area contributed by atoms with Crippen LogP contribution in [0.2, 0.25) is 0 Å². The van der Waals surface area contributed by atoms with Gasteiger partial charge in [-0.05, 0) is 42.5 Å². The van der Waals surface area contributed by atoms with Gasteiger partial charge in [-0.1, -0.05) is 58.4 Å². The third-order valence-electron chi connectivity index (χ3n) is 5.26. The molecule has 128 valence electrons. The molecule has 0 aliphatic heterocycles. The fourth-order valence-corrected chi connectivity index (χ4v) is 5.56. The second kappa shape index (κ2) is 5.69. The summed E-state index contributed by atoms with van der Waals surface area (Å²) in [4.78, 5) is 0. The number of thiophene rings is 1. The summed E-state index contributed by atoms with van der Waals surface area (Å²) in [6.07, 6.45) is 0. The summed E-state index contributed by atoms with van der Waals surface area (Å²) in [7, 11) is 0. The number of fused-ring (bicyclic) bond motifs is 6. The average Bonchev–Trinajstić information content (AvgIpc) is 3.23. The van der Waals surface area contributed by atoms with Crippen molar-refractivity contribution in [3.8, 4) is 5.69 Å². The van der Waals surface area contributed by atoms with Crippen LogP contribution < -0.4 is 0 Å². The Labute approximate surface area is 168 Å². The van der Waals surface area contributed by atoms with Crippen LogP contribution >= 0.6 is 27.3 Å². The van der Waals surface area contributed by atoms with Gasteiger partial charge in [-0.15, -0.1) is 11.3 Å². The lowest BCUT2D eigenvalue weighted by Crippen LogP contribution is -1.92. The summed E-state index contributed by atoms with van der Waals surface area (Å²) >= 11 is 5.46. The van der Waals surface area contributed by atoms with Crippen molar-refractivity contribution >= 4 is 69.2 Å². The average molecular weight is 428 g/mol. The van der Waals surface area contributed by atoms with Crippen molar-refractivity contribution in [2.75, 3.05) is 0 Å². The molecule has 6 aromatic rings. The van der Waals surface area contributed by atoms with Gasteiger partial charge in [-0.25, -0.2) is 0 Å². The second-order valence-electron chi connectivity index (χ2n) is 6.79. The van der Waals surface area contributed by atoms with Crippen molar-refractivity contribution in [2.45, 2.75) is 0 Å². The van der Waals surface area contributed by atoms with Gasteiger partial charge in [0.25, 0.3) is 0 Å². The van der Waals surface area contributed by atoms with Crippen LogP contribution in [0, 0.1) is 0 Å². The van der Waals surface area contributed by atoms with Crippen LogP contribution in [0.15, 0.2) is 89.4 Å². The number of para-hydroxylation sites is 2. The molecule has 1 nitrogen and oxygen atoms in total. The van der Waals surface area contributed by atoms with Crippen molar-refractivity contribution < 1.29 is 0 Å². The first-order valence-corrected chi connectivity index (χ1v) is 10.5. The van der Waals surface area contributed by atoms with Crippen LogP contribution in [-0.4, -0.2) is 4.57 Å². The molecular weight excluding hydrogens is 414 g/mol. The predicted octanol–water partition coefficient (Wildman–Crippen LogP) is 7.91. The Hall–Kier alpha value is -2.62. The van der Waals surface area contributed by atoms with Gasteiger partial charge >= 0.3 is 0 Å². The first-order valence-electron chi connectivity index (χ1n) is 8.90. The molecule has 0 amide bonds. The molecule has 0 saturated carbocycles. The van der Waals surface area contributed by atoms with E-state index in [9.17, 15) is 0 Å². The predicted molar refractivity (Wildman–Crippen MR) is 121 cm³/mol. The first-order chi connectivity index (χ1) is 13.3. The van der Waals surface area contributed by atoms with Crippen LogP contribution in [0.1, 0.15) is 0 Å². The first kappa shape index (κ1) is 15.4. The van der Waals surface area contributed by atoms with E-state index in [4.69, 9.17) is 0 Å². The van der Waals surface area contributed by atoms with Crippen LogP contribution in [0.5, 0.6) is 0 Å². The highest BCUT2D eigenvalue weighted by molar-refractivity contribution is 9.10. The number of nitrogens with zero attached hydrogens (tertiary/aromatic N) is 1. The Bertz CT molecular complexity index is 1440. The highest BCUT2D eigenvalue weighted by Gasteiger charge is 2.13. The summed E-state index contributed by atoms with van der Waals surface area (Å²) in [5, 5.41) is 5.24. The second-order valence-corrected chi connectivity index (χ2v) is 8.79. The molecule has 0 unspecified atom stereocenters. The summed E-state index contributed by atoms with van der Waals surface area (Å²) in [6.45, 7) is 0. The van der Waals surface area contributed by atoms with E-state index in [-0.39, 0.29) is 0 Å². The van der Waals surface area contributed by atoms with Crippen LogP contribution in [0.3, 0.4) is 0 Å². The summed E-state index contributed by atoms with van der Waals surface area (Å²) in [5.74, 6) is 0. The van der Waals surface area contributed by atoms with Crippen LogP contribution in [0.25, 0.3) is 47.7 Å². The molecule has 6 rings (SSSR count). The van der Waals surface area contributed by atoms with E-state index in [1.165, 1.54) is 47.7 Å². The molecule has 0 atom stereocenters. The van der Waals surface area contributed by atoms with Crippen molar-refractivity contribution in [1.29, 1.82) is 0 Å². The summed E-state index contributed by atoms with van der Waals surface area (Å²) < 4.78 is 6.15. The van der Waals surface area contributed by atoms with Gasteiger partial charge in [-0.2, -0.15) is 0 Å². The van der Waals surface area contributed by atoms with E-state index in [0.717, 1.165) is 4.47 Å². The molecule has 0 aliphatic carbocycles. The minimum absolute atomic E-state index is 1.13. The molecule has 27 heavy (non-hydrogen) atoms. The highest BCUT2D eigenvalue weighted by atomic mass is 79.9. The van der Waals surface area contributed by atoms with Crippen LogP contribution in [-0.2, 0) is 0 Å². The quantitative estimate of drug-likeness (QED) is 0.251. The Kier molecular flexibility index (Phi) is 3.25. The molecule has 0 fully saturated rings. The SMILES string of the molecule is Brc1ccc2sc3cc(-n4c5ccccc5c5ccccc54)ccc3c2c1. The molecule has 0 radical (unpaired) electrons. The van der Waals surface area contributed by atoms with Crippen LogP contribution in [0.4, 0.5) is 0 Å². The lowest BCUT2D eigenvalue weighted by Gasteiger charge is -2.08. The zero-order valence-electron chi connectivity index (χ0n) is 14.3. The highest BCUT2D eigenvalue weighted by Crippen LogP contribution is 2.38. The Morgan fingerprint density at radius 1 is 0.593 bits per heavy atom. The van der Waals surface area contributed by atoms with E-state index >= 15 is 0 Å². The topological polar surface area (TPSA) is 4.93 Å².